The van der Waals surface area contributed by atoms with Crippen LogP contribution in [0.2, 0.25) is 0 Å². The first-order chi connectivity index (χ1) is 10.5. The van der Waals surface area contributed by atoms with E-state index in [0.717, 1.165) is 24.4 Å². The van der Waals surface area contributed by atoms with Gasteiger partial charge in [-0.3, -0.25) is 4.68 Å². The average molecular weight is 311 g/mol. The lowest BCUT2D eigenvalue weighted by Crippen LogP contribution is -2.05. The Bertz CT molecular complexity index is 799. The summed E-state index contributed by atoms with van der Waals surface area (Å²) in [5, 5.41) is 7.83. The van der Waals surface area contributed by atoms with Crippen molar-refractivity contribution < 1.29 is 0 Å². The summed E-state index contributed by atoms with van der Waals surface area (Å²) in [6.45, 7) is 9.31. The third-order valence-electron chi connectivity index (χ3n) is 4.00. The molecule has 0 bridgehead atoms. The van der Waals surface area contributed by atoms with Gasteiger partial charge in [0.1, 0.15) is 0 Å². The van der Waals surface area contributed by atoms with Gasteiger partial charge in [0.05, 0.1) is 16.4 Å². The molecule has 0 radical (unpaired) electrons. The Balaban J connectivity index is 1.73. The number of hydrogen-bond donors (Lipinski definition) is 0. The standard InChI is InChI=1S/C18H21N3S/c1-12-5-6-16(9-13(12)2)17-11-22-18(19-17)7-8-21-15(4)10-14(3)20-21/h5-6,9-11H,7-8H2,1-4H3. The number of thiazole rings is 1. The molecular formula is C18H21N3S. The Labute approximate surface area is 135 Å². The van der Waals surface area contributed by atoms with Gasteiger partial charge in [0, 0.05) is 29.6 Å². The minimum atomic E-state index is 0.888. The van der Waals surface area contributed by atoms with Crippen LogP contribution >= 0.6 is 11.3 Å². The highest BCUT2D eigenvalue weighted by atomic mass is 32.1. The molecule has 3 nitrogen and oxygen atoms in total. The predicted octanol–water partition coefficient (Wildman–Crippen LogP) is 4.48. The quantitative estimate of drug-likeness (QED) is 0.711. The van der Waals surface area contributed by atoms with Crippen LogP contribution in [-0.4, -0.2) is 14.8 Å². The second-order valence-corrected chi connectivity index (χ2v) is 6.77. The largest absolute Gasteiger partial charge is 0.269 e. The molecule has 0 aliphatic carbocycles. The molecule has 0 aliphatic heterocycles. The van der Waals surface area contributed by atoms with Crippen molar-refractivity contribution in [3.8, 4) is 11.3 Å². The van der Waals surface area contributed by atoms with Gasteiger partial charge in [0.25, 0.3) is 0 Å². The summed E-state index contributed by atoms with van der Waals surface area (Å²) in [6, 6.07) is 8.65. The number of nitrogens with zero attached hydrogens (tertiary/aromatic N) is 3. The Kier molecular flexibility index (Phi) is 4.12. The number of aromatic nitrogens is 3. The van der Waals surface area contributed by atoms with Crippen molar-refractivity contribution in [1.82, 2.24) is 14.8 Å². The molecule has 0 atom stereocenters. The van der Waals surface area contributed by atoms with Crippen LogP contribution in [0.25, 0.3) is 11.3 Å². The zero-order chi connectivity index (χ0) is 15.7. The lowest BCUT2D eigenvalue weighted by atomic mass is 10.1. The minimum Gasteiger partial charge on any atom is -0.269 e. The molecule has 1 aromatic carbocycles. The molecule has 3 aromatic rings. The van der Waals surface area contributed by atoms with Gasteiger partial charge >= 0.3 is 0 Å². The monoisotopic (exact) mass is 311 g/mol. The topological polar surface area (TPSA) is 30.7 Å². The van der Waals surface area contributed by atoms with E-state index in [-0.39, 0.29) is 0 Å². The van der Waals surface area contributed by atoms with Crippen LogP contribution in [0.3, 0.4) is 0 Å². The van der Waals surface area contributed by atoms with Crippen LogP contribution in [-0.2, 0) is 13.0 Å². The molecule has 4 heteroatoms. The molecule has 22 heavy (non-hydrogen) atoms. The molecule has 0 saturated heterocycles. The number of hydrogen-bond acceptors (Lipinski definition) is 3. The molecular weight excluding hydrogens is 290 g/mol. The Morgan fingerprint density at radius 1 is 1.05 bits per heavy atom. The molecule has 0 N–H and O–H groups in total. The molecule has 0 unspecified atom stereocenters. The lowest BCUT2D eigenvalue weighted by molar-refractivity contribution is 0.593. The van der Waals surface area contributed by atoms with E-state index in [2.05, 4.69) is 60.2 Å². The molecule has 114 valence electrons. The molecule has 3 rings (SSSR count). The number of aryl methyl sites for hydroxylation is 6. The zero-order valence-electron chi connectivity index (χ0n) is 13.6. The SMILES string of the molecule is Cc1cc(C)n(CCc2nc(-c3ccc(C)c(C)c3)cs2)n1. The van der Waals surface area contributed by atoms with E-state index in [0.29, 0.717) is 0 Å². The smallest absolute Gasteiger partial charge is 0.0951 e. The Morgan fingerprint density at radius 2 is 1.86 bits per heavy atom. The van der Waals surface area contributed by atoms with Crippen molar-refractivity contribution >= 4 is 11.3 Å². The second-order valence-electron chi connectivity index (χ2n) is 5.83. The summed E-state index contributed by atoms with van der Waals surface area (Å²) < 4.78 is 2.06. The predicted molar refractivity (Wildman–Crippen MR) is 92.4 cm³/mol. The van der Waals surface area contributed by atoms with Crippen LogP contribution in [0.5, 0.6) is 0 Å². The van der Waals surface area contributed by atoms with Crippen molar-refractivity contribution in [3.63, 3.8) is 0 Å². The van der Waals surface area contributed by atoms with Crippen molar-refractivity contribution in [2.45, 2.75) is 40.7 Å². The van der Waals surface area contributed by atoms with Crippen molar-refractivity contribution in [2.75, 3.05) is 0 Å². The van der Waals surface area contributed by atoms with E-state index in [4.69, 9.17) is 4.98 Å². The van der Waals surface area contributed by atoms with Crippen molar-refractivity contribution in [2.24, 2.45) is 0 Å². The van der Waals surface area contributed by atoms with Gasteiger partial charge in [-0.25, -0.2) is 4.98 Å². The van der Waals surface area contributed by atoms with Gasteiger partial charge in [-0.2, -0.15) is 5.10 Å². The van der Waals surface area contributed by atoms with Gasteiger partial charge in [-0.05, 0) is 51.0 Å². The molecule has 2 heterocycles. The van der Waals surface area contributed by atoms with E-state index in [1.165, 1.54) is 27.4 Å². The average Bonchev–Trinajstić information content (AvgIpc) is 3.06. The maximum Gasteiger partial charge on any atom is 0.0951 e. The highest BCUT2D eigenvalue weighted by molar-refractivity contribution is 7.09. The third kappa shape index (κ3) is 3.12. The van der Waals surface area contributed by atoms with Crippen LogP contribution in [0.15, 0.2) is 29.6 Å². The summed E-state index contributed by atoms with van der Waals surface area (Å²) in [4.78, 5) is 4.78. The Hall–Kier alpha value is -1.94. The van der Waals surface area contributed by atoms with Crippen LogP contribution in [0, 0.1) is 27.7 Å². The molecule has 0 amide bonds. The van der Waals surface area contributed by atoms with E-state index in [1.54, 1.807) is 11.3 Å². The highest BCUT2D eigenvalue weighted by Gasteiger charge is 2.07. The summed E-state index contributed by atoms with van der Waals surface area (Å²) in [5.41, 5.74) is 7.21. The fourth-order valence-electron chi connectivity index (χ4n) is 2.56. The van der Waals surface area contributed by atoms with Crippen LogP contribution < -0.4 is 0 Å². The van der Waals surface area contributed by atoms with Gasteiger partial charge in [-0.15, -0.1) is 11.3 Å². The number of benzene rings is 1. The van der Waals surface area contributed by atoms with Crippen molar-refractivity contribution in [3.05, 3.63) is 57.2 Å². The third-order valence-corrected chi connectivity index (χ3v) is 4.90. The highest BCUT2D eigenvalue weighted by Crippen LogP contribution is 2.24. The van der Waals surface area contributed by atoms with E-state index in [9.17, 15) is 0 Å². The Morgan fingerprint density at radius 3 is 2.55 bits per heavy atom. The summed E-state index contributed by atoms with van der Waals surface area (Å²) >= 11 is 1.73. The van der Waals surface area contributed by atoms with Crippen LogP contribution in [0.1, 0.15) is 27.5 Å². The fourth-order valence-corrected chi connectivity index (χ4v) is 3.36. The van der Waals surface area contributed by atoms with Crippen molar-refractivity contribution in [1.29, 1.82) is 0 Å². The zero-order valence-corrected chi connectivity index (χ0v) is 14.4. The molecule has 0 saturated carbocycles. The summed E-state index contributed by atoms with van der Waals surface area (Å²) in [7, 11) is 0. The first kappa shape index (κ1) is 15.0. The van der Waals surface area contributed by atoms with E-state index >= 15 is 0 Å². The maximum atomic E-state index is 4.78. The second kappa shape index (κ2) is 6.05. The first-order valence-corrected chi connectivity index (χ1v) is 8.44. The lowest BCUT2D eigenvalue weighted by Gasteiger charge is -2.03. The molecule has 0 aliphatic rings. The summed E-state index contributed by atoms with van der Waals surface area (Å²) in [6.07, 6.45) is 0.928. The first-order valence-electron chi connectivity index (χ1n) is 7.56. The summed E-state index contributed by atoms with van der Waals surface area (Å²) in [5.74, 6) is 0. The molecule has 2 aromatic heterocycles. The molecule has 0 fully saturated rings. The minimum absolute atomic E-state index is 0.888. The maximum absolute atomic E-state index is 4.78. The van der Waals surface area contributed by atoms with Gasteiger partial charge in [0.2, 0.25) is 0 Å². The van der Waals surface area contributed by atoms with Gasteiger partial charge in [0.15, 0.2) is 0 Å². The van der Waals surface area contributed by atoms with Gasteiger partial charge < -0.3 is 0 Å². The fraction of sp³-hybridized carbons (Fsp3) is 0.333. The molecule has 0 spiro atoms. The normalized spacial score (nSPS) is 11.1. The van der Waals surface area contributed by atoms with E-state index < -0.39 is 0 Å². The number of rotatable bonds is 4. The van der Waals surface area contributed by atoms with E-state index in [1.807, 2.05) is 6.92 Å². The van der Waals surface area contributed by atoms with Gasteiger partial charge in [-0.1, -0.05) is 12.1 Å². The van der Waals surface area contributed by atoms with Crippen LogP contribution in [0.4, 0.5) is 0 Å².